The van der Waals surface area contributed by atoms with Crippen LogP contribution in [0.1, 0.15) is 5.56 Å². The van der Waals surface area contributed by atoms with Crippen LogP contribution < -0.4 is 10.8 Å². The lowest BCUT2D eigenvalue weighted by Crippen LogP contribution is -2.47. The molecule has 0 aliphatic heterocycles. The average Bonchev–Trinajstić information content (AvgIpc) is 2.64. The molecule has 0 aliphatic carbocycles. The average molecular weight is 464 g/mol. The first-order valence-corrected chi connectivity index (χ1v) is 8.96. The Kier molecular flexibility index (Phi) is 7.57. The summed E-state index contributed by atoms with van der Waals surface area (Å²) in [5.41, 5.74) is 1.59. The van der Waals surface area contributed by atoms with Gasteiger partial charge in [0.1, 0.15) is 5.69 Å². The van der Waals surface area contributed by atoms with E-state index in [2.05, 4.69) is 10.8 Å². The van der Waals surface area contributed by atoms with Crippen LogP contribution in [0.4, 0.5) is 17.1 Å². The zero-order valence-electron chi connectivity index (χ0n) is 14.4. The van der Waals surface area contributed by atoms with E-state index in [9.17, 15) is 25.0 Å². The van der Waals surface area contributed by atoms with E-state index in [-0.39, 0.29) is 12.1 Å². The first kappa shape index (κ1) is 22.6. The minimum absolute atomic E-state index is 0.0713. The number of non-ortho nitro benzene ring substituents is 1. The van der Waals surface area contributed by atoms with Gasteiger partial charge in [-0.3, -0.25) is 25.0 Å². The summed E-state index contributed by atoms with van der Waals surface area (Å²) in [5, 5.41) is 24.6. The predicted molar refractivity (Wildman–Crippen MR) is 107 cm³/mol. The van der Waals surface area contributed by atoms with Crippen LogP contribution in [0.15, 0.2) is 48.5 Å². The molecule has 0 aliphatic rings. The number of benzene rings is 2. The molecule has 10 nitrogen and oxygen atoms in total. The minimum atomic E-state index is -2.11. The van der Waals surface area contributed by atoms with Crippen LogP contribution in [-0.4, -0.2) is 25.8 Å². The molecule has 0 saturated carbocycles. The number of nitro groups is 2. The quantitative estimate of drug-likeness (QED) is 0.260. The van der Waals surface area contributed by atoms with Crippen LogP contribution in [0.5, 0.6) is 0 Å². The molecule has 0 amide bonds. The molecule has 0 saturated heterocycles. The number of nitro benzene ring substituents is 2. The number of alkyl halides is 3. The van der Waals surface area contributed by atoms with Crippen molar-refractivity contribution < 1.29 is 19.5 Å². The van der Waals surface area contributed by atoms with Crippen molar-refractivity contribution in [1.82, 2.24) is 5.48 Å². The Labute approximate surface area is 178 Å². The highest BCUT2D eigenvalue weighted by Crippen LogP contribution is 2.35. The zero-order chi connectivity index (χ0) is 21.6. The summed E-state index contributed by atoms with van der Waals surface area (Å²) in [5.74, 6) is -0.699. The van der Waals surface area contributed by atoms with E-state index in [4.69, 9.17) is 39.6 Å². The molecule has 2 aromatic rings. The smallest absolute Gasteiger partial charge is 0.329 e. The molecule has 2 N–H and O–H groups in total. The molecule has 0 spiro atoms. The van der Waals surface area contributed by atoms with Crippen molar-refractivity contribution in [2.75, 3.05) is 5.32 Å². The molecule has 0 fully saturated rings. The van der Waals surface area contributed by atoms with Gasteiger partial charge in [-0.2, -0.15) is 0 Å². The molecule has 1 unspecified atom stereocenters. The summed E-state index contributed by atoms with van der Waals surface area (Å²) in [6.45, 7) is 0. The number of anilines is 1. The second-order valence-corrected chi connectivity index (χ2v) is 7.96. The van der Waals surface area contributed by atoms with Crippen molar-refractivity contribution in [3.05, 3.63) is 74.3 Å². The molecule has 0 radical (unpaired) electrons. The van der Waals surface area contributed by atoms with E-state index >= 15 is 0 Å². The fourth-order valence-electron chi connectivity index (χ4n) is 2.16. The van der Waals surface area contributed by atoms with Crippen LogP contribution in [0.2, 0.25) is 0 Å². The molecule has 2 aromatic carbocycles. The van der Waals surface area contributed by atoms with Crippen molar-refractivity contribution in [3.63, 3.8) is 0 Å². The molecular weight excluding hydrogens is 451 g/mol. The number of rotatable bonds is 8. The molecule has 1 atom stereocenters. The summed E-state index contributed by atoms with van der Waals surface area (Å²) < 4.78 is -2.11. The Hall–Kier alpha value is -2.66. The third-order valence-electron chi connectivity index (χ3n) is 3.50. The Balaban J connectivity index is 2.14. The van der Waals surface area contributed by atoms with Gasteiger partial charge in [-0.05, 0) is 11.6 Å². The standard InChI is InChI=1S/C16H13Cl3N4O6/c17-16(18,19)15(21-29-14(24)8-10-4-2-1-3-5-10)20-12-7-6-11(22(25)26)9-13(12)23(27)28/h1-7,9,15,20-21H,8H2. The molecule has 0 heterocycles. The van der Waals surface area contributed by atoms with Crippen LogP contribution in [0.25, 0.3) is 0 Å². The summed E-state index contributed by atoms with van der Waals surface area (Å²) in [6, 6.07) is 11.6. The monoisotopic (exact) mass is 462 g/mol. The highest BCUT2D eigenvalue weighted by atomic mass is 35.6. The maximum Gasteiger partial charge on any atom is 0.329 e. The van der Waals surface area contributed by atoms with Crippen molar-refractivity contribution in [2.24, 2.45) is 0 Å². The number of nitrogens with zero attached hydrogens (tertiary/aromatic N) is 2. The number of carbonyl (C=O) groups excluding carboxylic acids is 1. The number of hydrogen-bond acceptors (Lipinski definition) is 8. The van der Waals surface area contributed by atoms with Gasteiger partial charge >= 0.3 is 5.97 Å². The number of hydrogen-bond donors (Lipinski definition) is 2. The van der Waals surface area contributed by atoms with Gasteiger partial charge in [0.15, 0.2) is 6.17 Å². The maximum atomic E-state index is 12.0. The summed E-state index contributed by atoms with van der Waals surface area (Å²) in [4.78, 5) is 37.3. The zero-order valence-corrected chi connectivity index (χ0v) is 16.6. The molecule has 29 heavy (non-hydrogen) atoms. The molecule has 13 heteroatoms. The van der Waals surface area contributed by atoms with E-state index in [0.717, 1.165) is 18.2 Å². The highest BCUT2D eigenvalue weighted by Gasteiger charge is 2.35. The van der Waals surface area contributed by atoms with E-state index in [1.165, 1.54) is 0 Å². The Bertz CT molecular complexity index is 907. The van der Waals surface area contributed by atoms with Crippen LogP contribution >= 0.6 is 34.8 Å². The SMILES string of the molecule is O=C(Cc1ccccc1)ONC(Nc1ccc([N+](=O)[O-])cc1[N+](=O)[O-])C(Cl)(Cl)Cl. The fourth-order valence-corrected chi connectivity index (χ4v) is 2.46. The van der Waals surface area contributed by atoms with E-state index in [0.29, 0.717) is 5.56 Å². The largest absolute Gasteiger partial charge is 0.368 e. The Morgan fingerprint density at radius 1 is 1.07 bits per heavy atom. The first-order valence-electron chi connectivity index (χ1n) is 7.83. The number of carbonyl (C=O) groups is 1. The highest BCUT2D eigenvalue weighted by molar-refractivity contribution is 6.68. The lowest BCUT2D eigenvalue weighted by Gasteiger charge is -2.26. The van der Waals surface area contributed by atoms with Crippen molar-refractivity contribution >= 4 is 57.8 Å². The van der Waals surface area contributed by atoms with Gasteiger partial charge < -0.3 is 10.2 Å². The molecule has 0 bridgehead atoms. The summed E-state index contributed by atoms with van der Waals surface area (Å²) in [6.07, 6.45) is -1.48. The Morgan fingerprint density at radius 2 is 1.72 bits per heavy atom. The van der Waals surface area contributed by atoms with Gasteiger partial charge in [-0.25, -0.2) is 0 Å². The molecule has 0 aromatic heterocycles. The topological polar surface area (TPSA) is 137 Å². The van der Waals surface area contributed by atoms with Crippen LogP contribution in [-0.2, 0) is 16.1 Å². The van der Waals surface area contributed by atoms with E-state index < -0.39 is 37.1 Å². The molecular formula is C16H13Cl3N4O6. The lowest BCUT2D eigenvalue weighted by atomic mass is 10.2. The van der Waals surface area contributed by atoms with E-state index in [1.807, 2.05) is 0 Å². The van der Waals surface area contributed by atoms with Crippen molar-refractivity contribution in [1.29, 1.82) is 0 Å². The first-order chi connectivity index (χ1) is 13.6. The summed E-state index contributed by atoms with van der Waals surface area (Å²) in [7, 11) is 0. The van der Waals surface area contributed by atoms with Gasteiger partial charge in [-0.1, -0.05) is 65.1 Å². The van der Waals surface area contributed by atoms with E-state index in [1.54, 1.807) is 30.3 Å². The Morgan fingerprint density at radius 3 is 2.28 bits per heavy atom. The number of nitrogens with one attached hydrogen (secondary N) is 2. The molecule has 154 valence electrons. The van der Waals surface area contributed by atoms with Gasteiger partial charge in [0.25, 0.3) is 11.4 Å². The number of hydroxylamine groups is 1. The normalized spacial score (nSPS) is 12.1. The van der Waals surface area contributed by atoms with Crippen molar-refractivity contribution in [3.8, 4) is 0 Å². The fraction of sp³-hybridized carbons (Fsp3) is 0.188. The second kappa shape index (κ2) is 9.70. The number of halogens is 3. The van der Waals surface area contributed by atoms with Crippen LogP contribution in [0, 0.1) is 20.2 Å². The van der Waals surface area contributed by atoms with Gasteiger partial charge in [-0.15, -0.1) is 5.48 Å². The van der Waals surface area contributed by atoms with Gasteiger partial charge in [0, 0.05) is 6.07 Å². The second-order valence-electron chi connectivity index (χ2n) is 5.59. The van der Waals surface area contributed by atoms with Gasteiger partial charge in [0.2, 0.25) is 3.79 Å². The third kappa shape index (κ3) is 6.71. The third-order valence-corrected chi connectivity index (χ3v) is 4.15. The van der Waals surface area contributed by atoms with Gasteiger partial charge in [0.05, 0.1) is 22.3 Å². The predicted octanol–water partition coefficient (Wildman–Crippen LogP) is 3.90. The lowest BCUT2D eigenvalue weighted by molar-refractivity contribution is -0.393. The van der Waals surface area contributed by atoms with Crippen LogP contribution in [0.3, 0.4) is 0 Å². The molecule has 2 rings (SSSR count). The van der Waals surface area contributed by atoms with Crippen molar-refractivity contribution in [2.45, 2.75) is 16.4 Å². The minimum Gasteiger partial charge on any atom is -0.368 e. The summed E-state index contributed by atoms with van der Waals surface area (Å²) >= 11 is 17.5. The maximum absolute atomic E-state index is 12.0.